The molecule has 0 amide bonds. The van der Waals surface area contributed by atoms with Crippen molar-refractivity contribution in [2.24, 2.45) is 0 Å². The molecule has 24 heavy (non-hydrogen) atoms. The number of anilines is 2. The van der Waals surface area contributed by atoms with Crippen molar-refractivity contribution in [2.45, 2.75) is 11.8 Å². The van der Waals surface area contributed by atoms with Gasteiger partial charge in [-0.1, -0.05) is 19.4 Å². The number of rotatable bonds is 5. The first-order valence-corrected chi connectivity index (χ1v) is 8.35. The lowest BCUT2D eigenvalue weighted by Crippen LogP contribution is -2.07. The van der Waals surface area contributed by atoms with Gasteiger partial charge in [0.15, 0.2) is 11.3 Å². The molecule has 0 fully saturated rings. The van der Waals surface area contributed by atoms with E-state index in [-0.39, 0.29) is 35.9 Å². The van der Waals surface area contributed by atoms with E-state index in [2.05, 4.69) is 5.32 Å². The highest BCUT2D eigenvalue weighted by Gasteiger charge is 2.65. The number of esters is 1. The van der Waals surface area contributed by atoms with Crippen molar-refractivity contribution in [1.29, 1.82) is 0 Å². The standard InChI is InChI=1S/C13H12F5NO4S/c1-2-22-13(21)11-10(20)7-23-12(11)19-8-3-5-9(6-4-8)24(14,15,16,17)18/h3-7,19-20H,2H2,1H3. The second-order valence-corrected chi connectivity index (χ2v) is 7.07. The monoisotopic (exact) mass is 373 g/mol. The summed E-state index contributed by atoms with van der Waals surface area (Å²) in [6, 6.07) is 1.89. The Kier molecular flexibility index (Phi) is 3.76. The fourth-order valence-corrected chi connectivity index (χ4v) is 2.42. The van der Waals surface area contributed by atoms with Gasteiger partial charge in [-0.2, -0.15) is 0 Å². The first-order valence-electron chi connectivity index (χ1n) is 6.40. The van der Waals surface area contributed by atoms with Crippen LogP contribution in [0.15, 0.2) is 39.8 Å². The summed E-state index contributed by atoms with van der Waals surface area (Å²) in [6.07, 6.45) is 0.817. The Bertz CT molecular complexity index is 770. The van der Waals surface area contributed by atoms with Crippen molar-refractivity contribution in [3.05, 3.63) is 36.1 Å². The number of hydrogen-bond donors (Lipinski definition) is 2. The maximum Gasteiger partial charge on any atom is 0.347 e. The molecule has 0 atom stereocenters. The average molecular weight is 373 g/mol. The summed E-state index contributed by atoms with van der Waals surface area (Å²) in [7, 11) is -9.76. The number of benzene rings is 1. The molecule has 0 radical (unpaired) electrons. The van der Waals surface area contributed by atoms with Crippen LogP contribution in [0, 0.1) is 0 Å². The summed E-state index contributed by atoms with van der Waals surface area (Å²) in [5.74, 6) is -1.76. The van der Waals surface area contributed by atoms with Gasteiger partial charge >= 0.3 is 16.2 Å². The van der Waals surface area contributed by atoms with Crippen LogP contribution >= 0.6 is 10.2 Å². The van der Waals surface area contributed by atoms with Crippen molar-refractivity contribution >= 4 is 27.8 Å². The van der Waals surface area contributed by atoms with E-state index in [1.165, 1.54) is 6.92 Å². The maximum absolute atomic E-state index is 12.6. The van der Waals surface area contributed by atoms with E-state index in [1.54, 1.807) is 0 Å². The van der Waals surface area contributed by atoms with Gasteiger partial charge in [0.05, 0.1) is 6.61 Å². The minimum absolute atomic E-state index is 0.0154. The van der Waals surface area contributed by atoms with Crippen molar-refractivity contribution in [3.63, 3.8) is 0 Å². The summed E-state index contributed by atoms with van der Waals surface area (Å²) in [4.78, 5) is 9.63. The first kappa shape index (κ1) is 17.9. The molecule has 0 saturated heterocycles. The number of nitrogens with one attached hydrogen (secondary N) is 1. The second-order valence-electron chi connectivity index (χ2n) is 4.66. The molecule has 5 nitrogen and oxygen atoms in total. The number of carbonyl (C=O) groups excluding carboxylic acids is 1. The van der Waals surface area contributed by atoms with Gasteiger partial charge in [0.2, 0.25) is 5.88 Å². The van der Waals surface area contributed by atoms with Gasteiger partial charge in [0, 0.05) is 5.69 Å². The van der Waals surface area contributed by atoms with Crippen LogP contribution in [-0.2, 0) is 4.74 Å². The van der Waals surface area contributed by atoms with E-state index in [4.69, 9.17) is 9.15 Å². The molecule has 0 aliphatic rings. The molecule has 0 bridgehead atoms. The number of furan rings is 1. The SMILES string of the molecule is CCOC(=O)c1c(O)coc1Nc1ccc(S(F)(F)(F)(F)F)cc1. The van der Waals surface area contributed by atoms with Crippen LogP contribution in [0.3, 0.4) is 0 Å². The highest BCUT2D eigenvalue weighted by Crippen LogP contribution is 3.02. The predicted octanol–water partition coefficient (Wildman–Crippen LogP) is 5.56. The fraction of sp³-hybridized carbons (Fsp3) is 0.154. The van der Waals surface area contributed by atoms with Gasteiger partial charge in [-0.05, 0) is 31.2 Å². The lowest BCUT2D eigenvalue weighted by molar-refractivity contribution is 0.0524. The lowest BCUT2D eigenvalue weighted by Gasteiger charge is -2.40. The molecule has 1 aromatic carbocycles. The smallest absolute Gasteiger partial charge is 0.347 e. The summed E-state index contributed by atoms with van der Waals surface area (Å²) < 4.78 is 72.7. The van der Waals surface area contributed by atoms with Crippen LogP contribution < -0.4 is 5.32 Å². The van der Waals surface area contributed by atoms with Crippen molar-refractivity contribution in [3.8, 4) is 5.75 Å². The van der Waals surface area contributed by atoms with Crippen LogP contribution in [0.1, 0.15) is 17.3 Å². The summed E-state index contributed by atoms with van der Waals surface area (Å²) in [5, 5.41) is 12.0. The Morgan fingerprint density at radius 1 is 1.21 bits per heavy atom. The van der Waals surface area contributed by atoms with E-state index < -0.39 is 26.8 Å². The molecule has 1 aromatic heterocycles. The third-order valence-corrected chi connectivity index (χ3v) is 3.97. The Labute approximate surface area is 132 Å². The molecular weight excluding hydrogens is 361 g/mol. The highest BCUT2D eigenvalue weighted by atomic mass is 32.5. The minimum Gasteiger partial charge on any atom is -0.504 e. The summed E-state index contributed by atoms with van der Waals surface area (Å²) in [6.45, 7) is 1.54. The van der Waals surface area contributed by atoms with Gasteiger partial charge < -0.3 is 19.6 Å². The molecule has 0 aliphatic carbocycles. The zero-order valence-electron chi connectivity index (χ0n) is 12.1. The zero-order valence-corrected chi connectivity index (χ0v) is 12.9. The minimum atomic E-state index is -9.76. The lowest BCUT2D eigenvalue weighted by atomic mass is 10.2. The Balaban J connectivity index is 2.30. The van der Waals surface area contributed by atoms with Crippen molar-refractivity contribution in [1.82, 2.24) is 0 Å². The van der Waals surface area contributed by atoms with E-state index >= 15 is 0 Å². The van der Waals surface area contributed by atoms with Gasteiger partial charge in [-0.15, -0.1) is 0 Å². The van der Waals surface area contributed by atoms with Crippen molar-refractivity contribution in [2.75, 3.05) is 11.9 Å². The van der Waals surface area contributed by atoms with Gasteiger partial charge in [-0.25, -0.2) is 4.79 Å². The molecule has 2 aromatic rings. The Morgan fingerprint density at radius 3 is 2.29 bits per heavy atom. The number of carbonyl (C=O) groups is 1. The second kappa shape index (κ2) is 5.03. The van der Waals surface area contributed by atoms with Crippen LogP contribution in [0.25, 0.3) is 0 Å². The molecule has 0 saturated carbocycles. The molecule has 2 rings (SSSR count). The molecule has 11 heteroatoms. The maximum atomic E-state index is 12.6. The van der Waals surface area contributed by atoms with Gasteiger partial charge in [0.1, 0.15) is 11.2 Å². The van der Waals surface area contributed by atoms with Crippen LogP contribution in [-0.4, -0.2) is 17.7 Å². The van der Waals surface area contributed by atoms with Crippen LogP contribution in [0.4, 0.5) is 31.0 Å². The number of halogens is 5. The quantitative estimate of drug-likeness (QED) is 0.530. The van der Waals surface area contributed by atoms with Crippen LogP contribution in [0.2, 0.25) is 0 Å². The van der Waals surface area contributed by atoms with E-state index in [1.807, 2.05) is 0 Å². The largest absolute Gasteiger partial charge is 0.504 e. The molecule has 134 valence electrons. The fourth-order valence-electron chi connectivity index (χ4n) is 1.77. The predicted molar refractivity (Wildman–Crippen MR) is 77.5 cm³/mol. The molecule has 0 aliphatic heterocycles. The molecular formula is C13H12F5NO4S. The molecule has 0 unspecified atom stereocenters. The Morgan fingerprint density at radius 2 is 1.79 bits per heavy atom. The molecule has 2 N–H and O–H groups in total. The normalized spacial score (nSPS) is 14.6. The third kappa shape index (κ3) is 3.91. The third-order valence-electron chi connectivity index (χ3n) is 2.81. The van der Waals surface area contributed by atoms with Gasteiger partial charge in [-0.3, -0.25) is 0 Å². The van der Waals surface area contributed by atoms with E-state index in [0.29, 0.717) is 0 Å². The van der Waals surface area contributed by atoms with Crippen molar-refractivity contribution < 1.29 is 38.5 Å². The zero-order chi connectivity index (χ0) is 18.2. The number of hydrogen-bond acceptors (Lipinski definition) is 5. The average Bonchev–Trinajstić information content (AvgIpc) is 2.78. The van der Waals surface area contributed by atoms with Gasteiger partial charge in [0.25, 0.3) is 0 Å². The summed E-state index contributed by atoms with van der Waals surface area (Å²) >= 11 is 0. The first-order chi connectivity index (χ1) is 10.8. The Hall–Kier alpha value is -2.43. The highest BCUT2D eigenvalue weighted by molar-refractivity contribution is 8.45. The van der Waals surface area contributed by atoms with E-state index in [0.717, 1.165) is 18.4 Å². The molecule has 0 spiro atoms. The van der Waals surface area contributed by atoms with Crippen LogP contribution in [0.5, 0.6) is 5.75 Å². The van der Waals surface area contributed by atoms with E-state index in [9.17, 15) is 29.3 Å². The summed E-state index contributed by atoms with van der Waals surface area (Å²) in [5.41, 5.74) is -0.436. The molecule has 1 heterocycles. The topological polar surface area (TPSA) is 71.7 Å². The number of ether oxygens (including phenoxy) is 1. The number of aromatic hydroxyl groups is 1.